The molecule has 6 heteroatoms. The molecule has 1 aromatic carbocycles. The first-order valence-electron chi connectivity index (χ1n) is 7.25. The quantitative estimate of drug-likeness (QED) is 0.761. The Labute approximate surface area is 128 Å². The molecule has 0 amide bonds. The molecule has 0 bridgehead atoms. The minimum absolute atomic E-state index is 0.238. The van der Waals surface area contributed by atoms with Gasteiger partial charge >= 0.3 is 0 Å². The van der Waals surface area contributed by atoms with E-state index in [1.54, 1.807) is 11.8 Å². The number of aromatic nitrogens is 3. The van der Waals surface area contributed by atoms with Gasteiger partial charge in [0.25, 0.3) is 0 Å². The molecule has 5 nitrogen and oxygen atoms in total. The predicted molar refractivity (Wildman–Crippen MR) is 82.9 cm³/mol. The first-order valence-corrected chi connectivity index (χ1v) is 8.23. The molecule has 1 saturated carbocycles. The number of nitrogens with two attached hydrogens (primary N) is 1. The van der Waals surface area contributed by atoms with Crippen LogP contribution in [0.2, 0.25) is 0 Å². The van der Waals surface area contributed by atoms with Crippen LogP contribution in [0.25, 0.3) is 0 Å². The summed E-state index contributed by atoms with van der Waals surface area (Å²) in [5.41, 5.74) is 6.94. The predicted octanol–water partition coefficient (Wildman–Crippen LogP) is 1.65. The third-order valence-electron chi connectivity index (χ3n) is 3.71. The van der Waals surface area contributed by atoms with Crippen molar-refractivity contribution in [3.05, 3.63) is 41.7 Å². The van der Waals surface area contributed by atoms with Crippen LogP contribution < -0.4 is 5.73 Å². The molecule has 0 spiro atoms. The lowest BCUT2D eigenvalue weighted by Gasteiger charge is -2.11. The lowest BCUT2D eigenvalue weighted by Crippen LogP contribution is -2.14. The average molecular weight is 304 g/mol. The normalized spacial score (nSPS) is 16.1. The standard InChI is InChI=1S/C15H20N4OS/c16-8-14-17-18-15(21-10-13(20)12-6-7-12)19(14)9-11-4-2-1-3-5-11/h1-5,12-13,20H,6-10,16H2/t13-/m0/s1. The van der Waals surface area contributed by atoms with E-state index < -0.39 is 0 Å². The van der Waals surface area contributed by atoms with E-state index in [4.69, 9.17) is 5.73 Å². The smallest absolute Gasteiger partial charge is 0.191 e. The molecule has 0 aliphatic heterocycles. The summed E-state index contributed by atoms with van der Waals surface area (Å²) in [4.78, 5) is 0. The van der Waals surface area contributed by atoms with Crippen molar-refractivity contribution >= 4 is 11.8 Å². The summed E-state index contributed by atoms with van der Waals surface area (Å²) in [5.74, 6) is 1.93. The number of hydrogen-bond donors (Lipinski definition) is 2. The summed E-state index contributed by atoms with van der Waals surface area (Å²) >= 11 is 1.56. The van der Waals surface area contributed by atoms with Crippen LogP contribution in [0.4, 0.5) is 0 Å². The Morgan fingerprint density at radius 2 is 2.05 bits per heavy atom. The van der Waals surface area contributed by atoms with Crippen LogP contribution in [0.1, 0.15) is 24.2 Å². The van der Waals surface area contributed by atoms with Gasteiger partial charge in [0.2, 0.25) is 0 Å². The molecule has 0 saturated heterocycles. The van der Waals surface area contributed by atoms with Crippen LogP contribution in [-0.4, -0.2) is 31.7 Å². The van der Waals surface area contributed by atoms with E-state index in [1.807, 2.05) is 22.8 Å². The molecule has 0 radical (unpaired) electrons. The van der Waals surface area contributed by atoms with E-state index in [0.29, 0.717) is 24.8 Å². The monoisotopic (exact) mass is 304 g/mol. The lowest BCUT2D eigenvalue weighted by molar-refractivity contribution is 0.176. The molecule has 1 aromatic heterocycles. The number of benzene rings is 1. The second kappa shape index (κ2) is 6.60. The van der Waals surface area contributed by atoms with Crippen molar-refractivity contribution in [1.29, 1.82) is 0 Å². The van der Waals surface area contributed by atoms with E-state index in [1.165, 1.54) is 5.56 Å². The maximum atomic E-state index is 9.99. The highest BCUT2D eigenvalue weighted by molar-refractivity contribution is 7.99. The molecule has 3 N–H and O–H groups in total. The van der Waals surface area contributed by atoms with Gasteiger partial charge in [-0.2, -0.15) is 0 Å². The maximum absolute atomic E-state index is 9.99. The van der Waals surface area contributed by atoms with Crippen molar-refractivity contribution in [3.8, 4) is 0 Å². The zero-order valence-corrected chi connectivity index (χ0v) is 12.7. The van der Waals surface area contributed by atoms with Crippen LogP contribution in [0.15, 0.2) is 35.5 Å². The lowest BCUT2D eigenvalue weighted by atomic mass is 10.2. The Balaban J connectivity index is 1.72. The zero-order valence-electron chi connectivity index (χ0n) is 11.9. The number of thioether (sulfide) groups is 1. The topological polar surface area (TPSA) is 77.0 Å². The van der Waals surface area contributed by atoms with E-state index >= 15 is 0 Å². The van der Waals surface area contributed by atoms with E-state index in [0.717, 1.165) is 23.8 Å². The van der Waals surface area contributed by atoms with Crippen LogP contribution >= 0.6 is 11.8 Å². The highest BCUT2D eigenvalue weighted by atomic mass is 32.2. The fraction of sp³-hybridized carbons (Fsp3) is 0.467. The summed E-state index contributed by atoms with van der Waals surface area (Å²) in [6.07, 6.45) is 2.05. The van der Waals surface area contributed by atoms with Crippen LogP contribution in [0.5, 0.6) is 0 Å². The molecule has 21 heavy (non-hydrogen) atoms. The van der Waals surface area contributed by atoms with Gasteiger partial charge < -0.3 is 15.4 Å². The maximum Gasteiger partial charge on any atom is 0.191 e. The van der Waals surface area contributed by atoms with Crippen molar-refractivity contribution in [1.82, 2.24) is 14.8 Å². The van der Waals surface area contributed by atoms with Crippen molar-refractivity contribution < 1.29 is 5.11 Å². The molecule has 1 aliphatic carbocycles. The molecule has 0 unspecified atom stereocenters. The Kier molecular flexibility index (Phi) is 4.57. The number of rotatable bonds is 7. The number of aliphatic hydroxyl groups excluding tert-OH is 1. The molecule has 1 atom stereocenters. The Morgan fingerprint density at radius 3 is 2.71 bits per heavy atom. The first kappa shape index (κ1) is 14.6. The van der Waals surface area contributed by atoms with Crippen molar-refractivity contribution in [3.63, 3.8) is 0 Å². The summed E-state index contributed by atoms with van der Waals surface area (Å²) in [6, 6.07) is 10.2. The van der Waals surface area contributed by atoms with Gasteiger partial charge in [-0.1, -0.05) is 42.1 Å². The molecular formula is C15H20N4OS. The Bertz CT molecular complexity index is 583. The fourth-order valence-electron chi connectivity index (χ4n) is 2.28. The minimum Gasteiger partial charge on any atom is -0.392 e. The third-order valence-corrected chi connectivity index (χ3v) is 4.78. The first-order chi connectivity index (χ1) is 10.3. The van der Waals surface area contributed by atoms with E-state index in [9.17, 15) is 5.11 Å². The molecule has 1 fully saturated rings. The molecule has 1 heterocycles. The second-order valence-electron chi connectivity index (χ2n) is 5.39. The van der Waals surface area contributed by atoms with Crippen LogP contribution in [-0.2, 0) is 13.1 Å². The number of hydrogen-bond acceptors (Lipinski definition) is 5. The number of aliphatic hydroxyl groups is 1. The molecule has 3 rings (SSSR count). The van der Waals surface area contributed by atoms with Gasteiger partial charge in [-0.15, -0.1) is 10.2 Å². The van der Waals surface area contributed by atoms with Gasteiger partial charge in [-0.3, -0.25) is 0 Å². The summed E-state index contributed by atoms with van der Waals surface area (Å²) in [7, 11) is 0. The fourth-order valence-corrected chi connectivity index (χ4v) is 3.29. The highest BCUT2D eigenvalue weighted by Gasteiger charge is 2.30. The van der Waals surface area contributed by atoms with Crippen LogP contribution in [0.3, 0.4) is 0 Å². The number of nitrogens with zero attached hydrogens (tertiary/aromatic N) is 3. The highest BCUT2D eigenvalue weighted by Crippen LogP contribution is 2.34. The van der Waals surface area contributed by atoms with Gasteiger partial charge in [0.05, 0.1) is 19.2 Å². The Hall–Kier alpha value is -1.37. The van der Waals surface area contributed by atoms with Gasteiger partial charge in [0.1, 0.15) is 5.82 Å². The molecule has 112 valence electrons. The minimum atomic E-state index is -0.238. The largest absolute Gasteiger partial charge is 0.392 e. The Morgan fingerprint density at radius 1 is 1.29 bits per heavy atom. The van der Waals surface area contributed by atoms with Gasteiger partial charge in [0.15, 0.2) is 5.16 Å². The average Bonchev–Trinajstić information content (AvgIpc) is 3.29. The van der Waals surface area contributed by atoms with Gasteiger partial charge in [-0.05, 0) is 24.3 Å². The summed E-state index contributed by atoms with van der Waals surface area (Å²) in [5, 5.41) is 19.2. The second-order valence-corrected chi connectivity index (χ2v) is 6.38. The van der Waals surface area contributed by atoms with Gasteiger partial charge in [-0.25, -0.2) is 0 Å². The van der Waals surface area contributed by atoms with E-state index in [-0.39, 0.29) is 6.10 Å². The molecule has 2 aromatic rings. The molecule has 1 aliphatic rings. The van der Waals surface area contributed by atoms with Crippen LogP contribution in [0, 0.1) is 5.92 Å². The SMILES string of the molecule is NCc1nnc(SC[C@H](O)C2CC2)n1Cc1ccccc1. The van der Waals surface area contributed by atoms with Crippen molar-refractivity contribution in [2.45, 2.75) is 37.2 Å². The van der Waals surface area contributed by atoms with E-state index in [2.05, 4.69) is 22.3 Å². The summed E-state index contributed by atoms with van der Waals surface area (Å²) in [6.45, 7) is 1.08. The zero-order chi connectivity index (χ0) is 14.7. The van der Waals surface area contributed by atoms with Crippen molar-refractivity contribution in [2.75, 3.05) is 5.75 Å². The van der Waals surface area contributed by atoms with Crippen molar-refractivity contribution in [2.24, 2.45) is 11.7 Å². The summed E-state index contributed by atoms with van der Waals surface area (Å²) < 4.78 is 2.04. The third kappa shape index (κ3) is 3.64. The molecular weight excluding hydrogens is 284 g/mol. The van der Waals surface area contributed by atoms with Gasteiger partial charge in [0, 0.05) is 5.75 Å².